The van der Waals surface area contributed by atoms with Crippen LogP contribution < -0.4 is 10.6 Å². The SMILES string of the molecule is CCNC(=NCC(C)(O)c1ccco1)NCCN1CCC(C)CC1.I. The molecular formula is C18H33IN4O2. The van der Waals surface area contributed by atoms with Crippen LogP contribution in [0.3, 0.4) is 0 Å². The molecule has 1 aliphatic rings. The number of guanidine groups is 1. The average molecular weight is 464 g/mol. The van der Waals surface area contributed by atoms with Gasteiger partial charge in [0.2, 0.25) is 0 Å². The summed E-state index contributed by atoms with van der Waals surface area (Å²) in [7, 11) is 0. The van der Waals surface area contributed by atoms with E-state index in [4.69, 9.17) is 4.42 Å². The molecule has 1 fully saturated rings. The van der Waals surface area contributed by atoms with Crippen LogP contribution in [0, 0.1) is 5.92 Å². The lowest BCUT2D eigenvalue weighted by atomic mass is 9.99. The molecule has 2 rings (SSSR count). The van der Waals surface area contributed by atoms with Crippen molar-refractivity contribution in [2.24, 2.45) is 10.9 Å². The third kappa shape index (κ3) is 7.53. The Morgan fingerprint density at radius 2 is 2.12 bits per heavy atom. The molecule has 3 N–H and O–H groups in total. The van der Waals surface area contributed by atoms with E-state index < -0.39 is 5.60 Å². The second-order valence-corrected chi connectivity index (χ2v) is 6.90. The number of nitrogens with one attached hydrogen (secondary N) is 2. The summed E-state index contributed by atoms with van der Waals surface area (Å²) in [6, 6.07) is 3.55. The van der Waals surface area contributed by atoms with Gasteiger partial charge in [0.05, 0.1) is 12.8 Å². The van der Waals surface area contributed by atoms with Crippen LogP contribution in [0.4, 0.5) is 0 Å². The number of likely N-dealkylation sites (tertiary alicyclic amines) is 1. The molecule has 0 saturated carbocycles. The zero-order valence-corrected chi connectivity index (χ0v) is 18.0. The van der Waals surface area contributed by atoms with Crippen molar-refractivity contribution in [1.82, 2.24) is 15.5 Å². The molecule has 1 saturated heterocycles. The molecule has 0 spiro atoms. The largest absolute Gasteiger partial charge is 0.466 e. The number of rotatable bonds is 7. The van der Waals surface area contributed by atoms with Gasteiger partial charge in [-0.05, 0) is 57.8 Å². The minimum absolute atomic E-state index is 0. The van der Waals surface area contributed by atoms with E-state index >= 15 is 0 Å². The van der Waals surface area contributed by atoms with E-state index in [0.29, 0.717) is 5.76 Å². The normalized spacial score (nSPS) is 19.1. The zero-order valence-electron chi connectivity index (χ0n) is 15.6. The molecule has 0 aliphatic carbocycles. The standard InChI is InChI=1S/C18H32N4O2.HI/c1-4-19-17(20-9-12-22-10-7-15(2)8-11-22)21-14-18(3,23)16-6-5-13-24-16;/h5-6,13,15,23H,4,7-12,14H2,1-3H3,(H2,19,20,21);1H. The summed E-state index contributed by atoms with van der Waals surface area (Å²) in [5, 5.41) is 17.1. The first-order valence-electron chi connectivity index (χ1n) is 9.02. The second kappa shape index (κ2) is 11.0. The van der Waals surface area contributed by atoms with Gasteiger partial charge in [-0.2, -0.15) is 0 Å². The Kier molecular flexibility index (Phi) is 9.81. The average Bonchev–Trinajstić information content (AvgIpc) is 3.10. The van der Waals surface area contributed by atoms with E-state index in [-0.39, 0.29) is 30.5 Å². The highest BCUT2D eigenvalue weighted by Gasteiger charge is 2.26. The Morgan fingerprint density at radius 3 is 2.72 bits per heavy atom. The van der Waals surface area contributed by atoms with Crippen LogP contribution >= 0.6 is 24.0 Å². The highest BCUT2D eigenvalue weighted by Crippen LogP contribution is 2.21. The molecule has 6 nitrogen and oxygen atoms in total. The summed E-state index contributed by atoms with van der Waals surface area (Å²) < 4.78 is 5.29. The van der Waals surface area contributed by atoms with Gasteiger partial charge in [-0.1, -0.05) is 6.92 Å². The number of hydrogen-bond donors (Lipinski definition) is 3. The summed E-state index contributed by atoms with van der Waals surface area (Å²) in [5.41, 5.74) is -1.10. The number of aliphatic imine (C=N–C) groups is 1. The van der Waals surface area contributed by atoms with Crippen LogP contribution in [-0.2, 0) is 5.60 Å². The topological polar surface area (TPSA) is 73.0 Å². The van der Waals surface area contributed by atoms with Crippen molar-refractivity contribution < 1.29 is 9.52 Å². The zero-order chi connectivity index (χ0) is 17.4. The van der Waals surface area contributed by atoms with Crippen molar-refractivity contribution >= 4 is 29.9 Å². The van der Waals surface area contributed by atoms with Crippen molar-refractivity contribution in [3.63, 3.8) is 0 Å². The first-order valence-corrected chi connectivity index (χ1v) is 9.02. The summed E-state index contributed by atoms with van der Waals surface area (Å²) in [4.78, 5) is 7.00. The number of halogens is 1. The highest BCUT2D eigenvalue weighted by atomic mass is 127. The fraction of sp³-hybridized carbons (Fsp3) is 0.722. The smallest absolute Gasteiger partial charge is 0.191 e. The second-order valence-electron chi connectivity index (χ2n) is 6.90. The molecular weight excluding hydrogens is 431 g/mol. The molecule has 1 aromatic heterocycles. The Bertz CT molecular complexity index is 497. The molecule has 144 valence electrons. The fourth-order valence-corrected chi connectivity index (χ4v) is 2.86. The van der Waals surface area contributed by atoms with E-state index in [1.54, 1.807) is 25.3 Å². The maximum absolute atomic E-state index is 10.5. The molecule has 1 unspecified atom stereocenters. The Labute approximate surface area is 168 Å². The molecule has 0 aromatic carbocycles. The van der Waals surface area contributed by atoms with Crippen LogP contribution in [0.2, 0.25) is 0 Å². The van der Waals surface area contributed by atoms with Gasteiger partial charge in [-0.15, -0.1) is 24.0 Å². The van der Waals surface area contributed by atoms with E-state index in [2.05, 4.69) is 27.4 Å². The Balaban J connectivity index is 0.00000312. The van der Waals surface area contributed by atoms with Crippen LogP contribution in [0.25, 0.3) is 0 Å². The van der Waals surface area contributed by atoms with E-state index in [1.807, 2.05) is 6.92 Å². The number of hydrogen-bond acceptors (Lipinski definition) is 4. The summed E-state index contributed by atoms with van der Waals surface area (Å²) in [5.74, 6) is 2.12. The molecule has 0 bridgehead atoms. The minimum Gasteiger partial charge on any atom is -0.466 e. The first-order chi connectivity index (χ1) is 11.5. The lowest BCUT2D eigenvalue weighted by Crippen LogP contribution is -2.43. The Morgan fingerprint density at radius 1 is 1.40 bits per heavy atom. The van der Waals surface area contributed by atoms with Gasteiger partial charge in [-0.25, -0.2) is 4.99 Å². The van der Waals surface area contributed by atoms with Crippen molar-refractivity contribution in [3.05, 3.63) is 24.2 Å². The van der Waals surface area contributed by atoms with Crippen molar-refractivity contribution in [2.45, 2.75) is 39.2 Å². The fourth-order valence-electron chi connectivity index (χ4n) is 2.86. The quantitative estimate of drug-likeness (QED) is 0.329. The van der Waals surface area contributed by atoms with Gasteiger partial charge >= 0.3 is 0 Å². The van der Waals surface area contributed by atoms with Gasteiger partial charge in [0.15, 0.2) is 5.96 Å². The minimum atomic E-state index is -1.10. The summed E-state index contributed by atoms with van der Waals surface area (Å²) in [6.07, 6.45) is 4.15. The van der Waals surface area contributed by atoms with Crippen molar-refractivity contribution in [1.29, 1.82) is 0 Å². The third-order valence-electron chi connectivity index (χ3n) is 4.54. The van der Waals surface area contributed by atoms with Gasteiger partial charge in [0.1, 0.15) is 11.4 Å². The van der Waals surface area contributed by atoms with Crippen LogP contribution in [0.1, 0.15) is 39.4 Å². The molecule has 2 heterocycles. The molecule has 1 aliphatic heterocycles. The maximum atomic E-state index is 10.5. The summed E-state index contributed by atoms with van der Waals surface area (Å²) >= 11 is 0. The maximum Gasteiger partial charge on any atom is 0.191 e. The number of nitrogens with zero attached hydrogens (tertiary/aromatic N) is 2. The predicted octanol–water partition coefficient (Wildman–Crippen LogP) is 2.39. The molecule has 7 heteroatoms. The summed E-state index contributed by atoms with van der Waals surface area (Å²) in [6.45, 7) is 11.4. The molecule has 25 heavy (non-hydrogen) atoms. The van der Waals surface area contributed by atoms with Crippen LogP contribution in [0.15, 0.2) is 27.8 Å². The van der Waals surface area contributed by atoms with E-state index in [9.17, 15) is 5.11 Å². The molecule has 0 amide bonds. The van der Waals surface area contributed by atoms with Crippen LogP contribution in [0.5, 0.6) is 0 Å². The van der Waals surface area contributed by atoms with E-state index in [0.717, 1.165) is 31.5 Å². The van der Waals surface area contributed by atoms with E-state index in [1.165, 1.54) is 25.9 Å². The molecule has 1 atom stereocenters. The Hall–Kier alpha value is -0.800. The van der Waals surface area contributed by atoms with Crippen molar-refractivity contribution in [3.8, 4) is 0 Å². The lowest BCUT2D eigenvalue weighted by molar-refractivity contribution is 0.0437. The van der Waals surface area contributed by atoms with Gasteiger partial charge in [0, 0.05) is 19.6 Å². The lowest BCUT2D eigenvalue weighted by Gasteiger charge is -2.30. The first kappa shape index (κ1) is 22.2. The number of aliphatic hydroxyl groups is 1. The molecule has 1 aromatic rings. The third-order valence-corrected chi connectivity index (χ3v) is 4.54. The molecule has 0 radical (unpaired) electrons. The highest BCUT2D eigenvalue weighted by molar-refractivity contribution is 14.0. The van der Waals surface area contributed by atoms with Crippen LogP contribution in [-0.4, -0.2) is 55.2 Å². The number of piperidine rings is 1. The van der Waals surface area contributed by atoms with Gasteiger partial charge < -0.3 is 25.1 Å². The monoisotopic (exact) mass is 464 g/mol. The van der Waals surface area contributed by atoms with Gasteiger partial charge in [-0.3, -0.25) is 0 Å². The number of furan rings is 1. The predicted molar refractivity (Wildman–Crippen MR) is 113 cm³/mol. The van der Waals surface area contributed by atoms with Crippen molar-refractivity contribution in [2.75, 3.05) is 39.3 Å². The van der Waals surface area contributed by atoms with Gasteiger partial charge in [0.25, 0.3) is 0 Å².